The Morgan fingerprint density at radius 2 is 2.00 bits per heavy atom. The minimum absolute atomic E-state index is 0.684. The van der Waals surface area contributed by atoms with Crippen molar-refractivity contribution >= 4 is 5.69 Å². The van der Waals surface area contributed by atoms with Gasteiger partial charge in [-0.1, -0.05) is 0 Å². The fraction of sp³-hybridized carbons (Fsp3) is 0.273. The lowest BCUT2D eigenvalue weighted by atomic mass is 10.2. The predicted octanol–water partition coefficient (Wildman–Crippen LogP) is 1.77. The second-order valence-electron chi connectivity index (χ2n) is 3.70. The van der Waals surface area contributed by atoms with Crippen LogP contribution in [0.1, 0.15) is 17.0 Å². The number of aromatic nitrogens is 3. The minimum atomic E-state index is 0.684. The summed E-state index contributed by atoms with van der Waals surface area (Å²) in [6.07, 6.45) is 1.75. The first-order chi connectivity index (χ1) is 7.09. The molecule has 0 aliphatic rings. The zero-order valence-electron chi connectivity index (χ0n) is 9.15. The van der Waals surface area contributed by atoms with Gasteiger partial charge in [-0.3, -0.25) is 0 Å². The van der Waals surface area contributed by atoms with Crippen molar-refractivity contribution in [3.8, 4) is 5.82 Å². The number of rotatable bonds is 1. The summed E-state index contributed by atoms with van der Waals surface area (Å²) >= 11 is 0. The molecule has 2 rings (SSSR count). The number of nitrogens with two attached hydrogens (primary N) is 1. The Morgan fingerprint density at radius 1 is 1.27 bits per heavy atom. The van der Waals surface area contributed by atoms with Crippen molar-refractivity contribution in [2.75, 3.05) is 5.73 Å². The van der Waals surface area contributed by atoms with Gasteiger partial charge >= 0.3 is 0 Å². The Morgan fingerprint density at radius 3 is 2.60 bits per heavy atom. The normalized spacial score (nSPS) is 10.6. The molecule has 4 nitrogen and oxygen atoms in total. The number of hydrogen-bond donors (Lipinski definition) is 1. The van der Waals surface area contributed by atoms with Crippen molar-refractivity contribution in [3.05, 3.63) is 35.3 Å². The molecule has 0 bridgehead atoms. The summed E-state index contributed by atoms with van der Waals surface area (Å²) in [5.41, 5.74) is 9.68. The van der Waals surface area contributed by atoms with Gasteiger partial charge < -0.3 is 5.73 Å². The average Bonchev–Trinajstić information content (AvgIpc) is 2.50. The molecule has 2 N–H and O–H groups in total. The lowest BCUT2D eigenvalue weighted by molar-refractivity contribution is 0.807. The highest BCUT2D eigenvalue weighted by Gasteiger charge is 2.09. The molecule has 0 spiro atoms. The van der Waals surface area contributed by atoms with Crippen LogP contribution in [-0.2, 0) is 0 Å². The maximum Gasteiger partial charge on any atom is 0.177 e. The zero-order chi connectivity index (χ0) is 11.0. The molecular formula is C11H14N4. The maximum absolute atomic E-state index is 5.97. The molecule has 15 heavy (non-hydrogen) atoms. The third-order valence-electron chi connectivity index (χ3n) is 2.40. The first kappa shape index (κ1) is 9.71. The van der Waals surface area contributed by atoms with Crippen molar-refractivity contribution in [2.45, 2.75) is 20.8 Å². The van der Waals surface area contributed by atoms with Crippen molar-refractivity contribution in [1.82, 2.24) is 14.8 Å². The van der Waals surface area contributed by atoms with Crippen LogP contribution < -0.4 is 5.73 Å². The van der Waals surface area contributed by atoms with Gasteiger partial charge in [0.05, 0.1) is 11.4 Å². The van der Waals surface area contributed by atoms with Gasteiger partial charge in [0.2, 0.25) is 0 Å². The largest absolute Gasteiger partial charge is 0.395 e. The van der Waals surface area contributed by atoms with Crippen LogP contribution in [-0.4, -0.2) is 14.8 Å². The standard InChI is InChI=1S/C11H14N4/c1-7-4-5-13-11(10(7)12)15-9(3)6-8(2)14-15/h4-6H,12H2,1-3H3. The van der Waals surface area contributed by atoms with Crippen LogP contribution in [0.2, 0.25) is 0 Å². The molecule has 0 fully saturated rings. The molecule has 0 unspecified atom stereocenters. The smallest absolute Gasteiger partial charge is 0.177 e. The van der Waals surface area contributed by atoms with Gasteiger partial charge in [-0.15, -0.1) is 0 Å². The van der Waals surface area contributed by atoms with E-state index in [9.17, 15) is 0 Å². The highest BCUT2D eigenvalue weighted by atomic mass is 15.3. The Bertz CT molecular complexity index is 499. The lowest BCUT2D eigenvalue weighted by Crippen LogP contribution is -2.07. The van der Waals surface area contributed by atoms with Gasteiger partial charge in [-0.05, 0) is 38.5 Å². The van der Waals surface area contributed by atoms with Gasteiger partial charge in [-0.25, -0.2) is 9.67 Å². The summed E-state index contributed by atoms with van der Waals surface area (Å²) in [5, 5.41) is 4.36. The molecule has 0 atom stereocenters. The van der Waals surface area contributed by atoms with Crippen molar-refractivity contribution in [2.24, 2.45) is 0 Å². The first-order valence-electron chi connectivity index (χ1n) is 4.84. The second kappa shape index (κ2) is 3.38. The molecule has 0 saturated carbocycles. The molecular weight excluding hydrogens is 188 g/mol. The molecule has 0 saturated heterocycles. The molecule has 78 valence electrons. The second-order valence-corrected chi connectivity index (χ2v) is 3.70. The van der Waals surface area contributed by atoms with Gasteiger partial charge in [0.1, 0.15) is 0 Å². The zero-order valence-corrected chi connectivity index (χ0v) is 9.15. The first-order valence-corrected chi connectivity index (χ1v) is 4.84. The van der Waals surface area contributed by atoms with E-state index in [0.717, 1.165) is 17.0 Å². The van der Waals surface area contributed by atoms with Crippen LogP contribution in [0.4, 0.5) is 5.69 Å². The topological polar surface area (TPSA) is 56.7 Å². The quantitative estimate of drug-likeness (QED) is 0.766. The number of pyridine rings is 1. The van der Waals surface area contributed by atoms with Crippen LogP contribution in [0.15, 0.2) is 18.3 Å². The van der Waals surface area contributed by atoms with E-state index in [4.69, 9.17) is 5.73 Å². The van der Waals surface area contributed by atoms with Crippen LogP contribution in [0.5, 0.6) is 0 Å². The number of nitrogen functional groups attached to an aromatic ring is 1. The number of nitrogens with zero attached hydrogens (tertiary/aromatic N) is 3. The van der Waals surface area contributed by atoms with Crippen LogP contribution >= 0.6 is 0 Å². The summed E-state index contributed by atoms with van der Waals surface area (Å²) in [4.78, 5) is 4.26. The van der Waals surface area contributed by atoms with Crippen molar-refractivity contribution in [1.29, 1.82) is 0 Å². The lowest BCUT2D eigenvalue weighted by Gasteiger charge is -2.08. The molecule has 2 aromatic rings. The SMILES string of the molecule is Cc1cc(C)n(-c2nccc(C)c2N)n1. The van der Waals surface area contributed by atoms with E-state index in [1.807, 2.05) is 32.9 Å². The van der Waals surface area contributed by atoms with Gasteiger partial charge in [-0.2, -0.15) is 5.10 Å². The Kier molecular flexibility index (Phi) is 2.19. The van der Waals surface area contributed by atoms with E-state index in [1.54, 1.807) is 10.9 Å². The van der Waals surface area contributed by atoms with E-state index in [0.29, 0.717) is 11.5 Å². The third-order valence-corrected chi connectivity index (χ3v) is 2.40. The Hall–Kier alpha value is -1.84. The van der Waals surface area contributed by atoms with Crippen LogP contribution in [0, 0.1) is 20.8 Å². The molecule has 0 radical (unpaired) electrons. The Balaban J connectivity index is 2.64. The van der Waals surface area contributed by atoms with E-state index in [-0.39, 0.29) is 0 Å². The molecule has 4 heteroatoms. The number of hydrogen-bond acceptors (Lipinski definition) is 3. The van der Waals surface area contributed by atoms with Crippen molar-refractivity contribution in [3.63, 3.8) is 0 Å². The van der Waals surface area contributed by atoms with Crippen LogP contribution in [0.3, 0.4) is 0 Å². The molecule has 0 aliphatic heterocycles. The van der Waals surface area contributed by atoms with Crippen LogP contribution in [0.25, 0.3) is 5.82 Å². The minimum Gasteiger partial charge on any atom is -0.395 e. The summed E-state index contributed by atoms with van der Waals surface area (Å²) in [5.74, 6) is 0.709. The van der Waals surface area contributed by atoms with Gasteiger partial charge in [0.25, 0.3) is 0 Å². The van der Waals surface area contributed by atoms with E-state index < -0.39 is 0 Å². The van der Waals surface area contributed by atoms with E-state index in [1.165, 1.54) is 0 Å². The molecule has 0 amide bonds. The predicted molar refractivity (Wildman–Crippen MR) is 60.0 cm³/mol. The summed E-state index contributed by atoms with van der Waals surface area (Å²) in [7, 11) is 0. The highest BCUT2D eigenvalue weighted by molar-refractivity contribution is 5.58. The monoisotopic (exact) mass is 202 g/mol. The van der Waals surface area contributed by atoms with Gasteiger partial charge in [0.15, 0.2) is 5.82 Å². The number of aryl methyl sites for hydroxylation is 3. The van der Waals surface area contributed by atoms with Gasteiger partial charge in [0, 0.05) is 11.9 Å². The Labute approximate surface area is 88.8 Å². The maximum atomic E-state index is 5.97. The molecule has 0 aliphatic carbocycles. The van der Waals surface area contributed by atoms with Crippen molar-refractivity contribution < 1.29 is 0 Å². The number of anilines is 1. The molecule has 2 aromatic heterocycles. The van der Waals surface area contributed by atoms with E-state index >= 15 is 0 Å². The molecule has 0 aromatic carbocycles. The summed E-state index contributed by atoms with van der Waals surface area (Å²) < 4.78 is 1.78. The highest BCUT2D eigenvalue weighted by Crippen LogP contribution is 2.19. The summed E-state index contributed by atoms with van der Waals surface area (Å²) in [6.45, 7) is 5.91. The summed E-state index contributed by atoms with van der Waals surface area (Å²) in [6, 6.07) is 3.90. The fourth-order valence-electron chi connectivity index (χ4n) is 1.57. The third kappa shape index (κ3) is 1.58. The fourth-order valence-corrected chi connectivity index (χ4v) is 1.57. The average molecular weight is 202 g/mol. The van der Waals surface area contributed by atoms with E-state index in [2.05, 4.69) is 10.1 Å². The molecule has 2 heterocycles.